The Morgan fingerprint density at radius 2 is 1.94 bits per heavy atom. The first-order chi connectivity index (χ1) is 7.29. The summed E-state index contributed by atoms with van der Waals surface area (Å²) in [5.74, 6) is -3.74. The van der Waals surface area contributed by atoms with E-state index >= 15 is 0 Å². The lowest BCUT2D eigenvalue weighted by Gasteiger charge is -2.06. The molecule has 0 saturated carbocycles. The Kier molecular flexibility index (Phi) is 3.49. The molecule has 0 aliphatic carbocycles. The van der Waals surface area contributed by atoms with Crippen LogP contribution in [0.25, 0.3) is 0 Å². The number of hydrogen-bond acceptors (Lipinski definition) is 3. The quantitative estimate of drug-likeness (QED) is 0.822. The van der Waals surface area contributed by atoms with Crippen LogP contribution in [0.1, 0.15) is 10.4 Å². The number of hydrogen-bond donors (Lipinski definition) is 1. The average molecular weight is 270 g/mol. The monoisotopic (exact) mass is 269 g/mol. The van der Waals surface area contributed by atoms with Crippen molar-refractivity contribution in [3.8, 4) is 0 Å². The van der Waals surface area contributed by atoms with Gasteiger partial charge in [0.2, 0.25) is 0 Å². The maximum absolute atomic E-state index is 13.5. The summed E-state index contributed by atoms with van der Waals surface area (Å²) >= 11 is 0. The number of rotatable bonds is 2. The van der Waals surface area contributed by atoms with E-state index in [-0.39, 0.29) is 0 Å². The summed E-state index contributed by atoms with van der Waals surface area (Å²) in [7, 11) is 1.71. The molecule has 0 atom stereocenters. The molecular formula is C8H6ClF2NO3S. The zero-order valence-electron chi connectivity index (χ0n) is 7.92. The fourth-order valence-electron chi connectivity index (χ4n) is 1.05. The van der Waals surface area contributed by atoms with Gasteiger partial charge in [0.25, 0.3) is 15.0 Å². The van der Waals surface area contributed by atoms with Crippen molar-refractivity contribution in [3.63, 3.8) is 0 Å². The molecule has 16 heavy (non-hydrogen) atoms. The molecule has 88 valence electrons. The summed E-state index contributed by atoms with van der Waals surface area (Å²) in [6.07, 6.45) is 0. The van der Waals surface area contributed by atoms with E-state index in [9.17, 15) is 22.0 Å². The second kappa shape index (κ2) is 4.34. The third-order valence-corrected chi connectivity index (χ3v) is 3.11. The molecule has 4 nitrogen and oxygen atoms in total. The summed E-state index contributed by atoms with van der Waals surface area (Å²) < 4.78 is 48.4. The Morgan fingerprint density at radius 1 is 1.38 bits per heavy atom. The number of benzene rings is 1. The van der Waals surface area contributed by atoms with Gasteiger partial charge in [-0.2, -0.15) is 0 Å². The van der Waals surface area contributed by atoms with Gasteiger partial charge < -0.3 is 5.32 Å². The number of amides is 1. The minimum atomic E-state index is -4.36. The van der Waals surface area contributed by atoms with E-state index in [2.05, 4.69) is 0 Å². The molecule has 8 heteroatoms. The van der Waals surface area contributed by atoms with Crippen molar-refractivity contribution in [3.05, 3.63) is 29.3 Å². The van der Waals surface area contributed by atoms with E-state index in [0.29, 0.717) is 12.1 Å². The molecular weight excluding hydrogens is 264 g/mol. The second-order valence-corrected chi connectivity index (χ2v) is 5.29. The van der Waals surface area contributed by atoms with Gasteiger partial charge in [-0.05, 0) is 12.1 Å². The SMILES string of the molecule is CNC(=O)c1c(F)ccc(S(=O)(=O)Cl)c1F. The summed E-state index contributed by atoms with van der Waals surface area (Å²) in [5, 5.41) is 1.98. The van der Waals surface area contributed by atoms with Crippen LogP contribution in [-0.4, -0.2) is 21.4 Å². The molecule has 0 spiro atoms. The van der Waals surface area contributed by atoms with E-state index < -0.39 is 37.1 Å². The third-order valence-electron chi connectivity index (χ3n) is 1.77. The predicted molar refractivity (Wildman–Crippen MR) is 52.8 cm³/mol. The molecule has 0 aromatic heterocycles. The molecule has 1 aromatic carbocycles. The summed E-state index contributed by atoms with van der Waals surface area (Å²) in [6, 6.07) is 1.31. The average Bonchev–Trinajstić information content (AvgIpc) is 2.15. The minimum absolute atomic E-state index is 0.652. The number of carbonyl (C=O) groups is 1. The van der Waals surface area contributed by atoms with E-state index in [1.807, 2.05) is 5.32 Å². The highest BCUT2D eigenvalue weighted by atomic mass is 35.7. The summed E-state index contributed by atoms with van der Waals surface area (Å²) in [4.78, 5) is 10.2. The molecule has 1 aromatic rings. The van der Waals surface area contributed by atoms with E-state index in [1.54, 1.807) is 0 Å². The zero-order valence-corrected chi connectivity index (χ0v) is 9.49. The number of halogens is 3. The van der Waals surface area contributed by atoms with Crippen LogP contribution >= 0.6 is 10.7 Å². The molecule has 0 heterocycles. The van der Waals surface area contributed by atoms with Crippen LogP contribution in [-0.2, 0) is 9.05 Å². The van der Waals surface area contributed by atoms with E-state index in [0.717, 1.165) is 7.05 Å². The predicted octanol–water partition coefficient (Wildman–Crippen LogP) is 1.25. The van der Waals surface area contributed by atoms with E-state index in [4.69, 9.17) is 10.7 Å². The van der Waals surface area contributed by atoms with Gasteiger partial charge in [0, 0.05) is 17.7 Å². The lowest BCUT2D eigenvalue weighted by atomic mass is 10.2. The molecule has 0 radical (unpaired) electrons. The normalized spacial score (nSPS) is 11.2. The van der Waals surface area contributed by atoms with Crippen molar-refractivity contribution >= 4 is 25.6 Å². The van der Waals surface area contributed by atoms with Crippen LogP contribution in [0.5, 0.6) is 0 Å². The molecule has 1 rings (SSSR count). The molecule has 0 aliphatic rings. The number of carbonyl (C=O) groups excluding carboxylic acids is 1. The van der Waals surface area contributed by atoms with Crippen molar-refractivity contribution in [2.45, 2.75) is 4.90 Å². The Balaban J connectivity index is 3.57. The lowest BCUT2D eigenvalue weighted by Crippen LogP contribution is -2.21. The molecule has 0 unspecified atom stereocenters. The van der Waals surface area contributed by atoms with Crippen LogP contribution in [0.15, 0.2) is 17.0 Å². The third kappa shape index (κ3) is 2.30. The van der Waals surface area contributed by atoms with Crippen molar-refractivity contribution in [2.75, 3.05) is 7.05 Å². The topological polar surface area (TPSA) is 63.2 Å². The Labute approximate surface area is 94.6 Å². The van der Waals surface area contributed by atoms with Crippen molar-refractivity contribution < 1.29 is 22.0 Å². The van der Waals surface area contributed by atoms with Crippen LogP contribution in [0.4, 0.5) is 8.78 Å². The fourth-order valence-corrected chi connectivity index (χ4v) is 1.96. The molecule has 1 amide bonds. The first-order valence-corrected chi connectivity index (χ1v) is 6.24. The van der Waals surface area contributed by atoms with Crippen LogP contribution in [0, 0.1) is 11.6 Å². The fraction of sp³-hybridized carbons (Fsp3) is 0.125. The van der Waals surface area contributed by atoms with E-state index in [1.165, 1.54) is 0 Å². The minimum Gasteiger partial charge on any atom is -0.355 e. The van der Waals surface area contributed by atoms with Crippen molar-refractivity contribution in [2.24, 2.45) is 0 Å². The van der Waals surface area contributed by atoms with Crippen molar-refractivity contribution in [1.82, 2.24) is 5.32 Å². The van der Waals surface area contributed by atoms with Crippen LogP contribution < -0.4 is 5.32 Å². The zero-order chi connectivity index (χ0) is 12.5. The molecule has 0 aliphatic heterocycles. The molecule has 0 fully saturated rings. The molecule has 1 N–H and O–H groups in total. The van der Waals surface area contributed by atoms with Crippen molar-refractivity contribution in [1.29, 1.82) is 0 Å². The molecule has 0 bridgehead atoms. The van der Waals surface area contributed by atoms with Gasteiger partial charge in [-0.15, -0.1) is 0 Å². The maximum Gasteiger partial charge on any atom is 0.264 e. The van der Waals surface area contributed by atoms with Gasteiger partial charge in [-0.25, -0.2) is 17.2 Å². The first kappa shape index (κ1) is 12.9. The summed E-state index contributed by atoms with van der Waals surface area (Å²) in [5.41, 5.74) is -0.982. The van der Waals surface area contributed by atoms with Gasteiger partial charge >= 0.3 is 0 Å². The lowest BCUT2D eigenvalue weighted by molar-refractivity contribution is 0.0954. The Morgan fingerprint density at radius 3 is 2.38 bits per heavy atom. The highest BCUT2D eigenvalue weighted by molar-refractivity contribution is 8.13. The van der Waals surface area contributed by atoms with Gasteiger partial charge in [-0.1, -0.05) is 0 Å². The Bertz CT molecular complexity index is 544. The second-order valence-electron chi connectivity index (χ2n) is 2.75. The summed E-state index contributed by atoms with van der Waals surface area (Å²) in [6.45, 7) is 0. The van der Waals surface area contributed by atoms with Crippen LogP contribution in [0.2, 0.25) is 0 Å². The van der Waals surface area contributed by atoms with Gasteiger partial charge in [-0.3, -0.25) is 4.79 Å². The van der Waals surface area contributed by atoms with Gasteiger partial charge in [0.1, 0.15) is 16.3 Å². The molecule has 0 saturated heterocycles. The highest BCUT2D eigenvalue weighted by Gasteiger charge is 2.25. The van der Waals surface area contributed by atoms with Gasteiger partial charge in [0.15, 0.2) is 5.82 Å². The number of nitrogens with one attached hydrogen (secondary N) is 1. The van der Waals surface area contributed by atoms with Gasteiger partial charge in [0.05, 0.1) is 0 Å². The van der Waals surface area contributed by atoms with Crippen LogP contribution in [0.3, 0.4) is 0 Å². The largest absolute Gasteiger partial charge is 0.355 e. The maximum atomic E-state index is 13.5. The Hall–Kier alpha value is -1.21. The standard InChI is InChI=1S/C8H6ClF2NO3S/c1-12-8(13)6-4(10)2-3-5(7(6)11)16(9,14)15/h2-3H,1H3,(H,12,13). The highest BCUT2D eigenvalue weighted by Crippen LogP contribution is 2.23. The smallest absolute Gasteiger partial charge is 0.264 e. The first-order valence-electron chi connectivity index (χ1n) is 3.93.